The molecule has 1 aliphatic carbocycles. The molecule has 2 unspecified atom stereocenters. The number of anilines is 1. The van der Waals surface area contributed by atoms with Gasteiger partial charge in [-0.1, -0.05) is 37.1 Å². The molecule has 1 aliphatic heterocycles. The van der Waals surface area contributed by atoms with Gasteiger partial charge in [-0.2, -0.15) is 0 Å². The van der Waals surface area contributed by atoms with Gasteiger partial charge in [0.15, 0.2) is 0 Å². The van der Waals surface area contributed by atoms with Crippen molar-refractivity contribution < 1.29 is 14.0 Å². The fourth-order valence-corrected chi connectivity index (χ4v) is 5.79. The summed E-state index contributed by atoms with van der Waals surface area (Å²) in [4.78, 5) is 30.3. The van der Waals surface area contributed by atoms with Crippen LogP contribution in [0.2, 0.25) is 0 Å². The van der Waals surface area contributed by atoms with Crippen LogP contribution in [0.25, 0.3) is 0 Å². The molecule has 2 aliphatic rings. The number of carbonyl (C=O) groups excluding carboxylic acids is 2. The van der Waals surface area contributed by atoms with Crippen LogP contribution in [0, 0.1) is 5.82 Å². The monoisotopic (exact) mass is 434 g/mol. The molecule has 0 radical (unpaired) electrons. The van der Waals surface area contributed by atoms with E-state index in [1.165, 1.54) is 12.1 Å². The Bertz CT molecular complexity index is 1090. The number of hydrogen-bond donors (Lipinski definition) is 1. The fourth-order valence-electron chi connectivity index (χ4n) is 4.93. The van der Waals surface area contributed by atoms with Gasteiger partial charge in [-0.15, -0.1) is 11.3 Å². The van der Waals surface area contributed by atoms with E-state index >= 15 is 0 Å². The standard InChI is InChI=1S/C25H23FN2O2S/c26-16-11-13-17(14-12-16)27-24(29)22-19-8-3-4-9-20(19)25(30)28(18-6-1-2-7-18)23(22)21-10-5-15-31-21/h3-5,8-15,18,22-23H,1-2,6-7H2,(H,27,29). The normalized spacial score (nSPS) is 21.2. The summed E-state index contributed by atoms with van der Waals surface area (Å²) in [6, 6.07) is 17.0. The molecule has 5 rings (SSSR count). The van der Waals surface area contributed by atoms with Crippen LogP contribution >= 0.6 is 11.3 Å². The number of rotatable bonds is 4. The average molecular weight is 435 g/mol. The van der Waals surface area contributed by atoms with Gasteiger partial charge in [-0.05, 0) is 60.2 Å². The predicted octanol–water partition coefficient (Wildman–Crippen LogP) is 5.75. The lowest BCUT2D eigenvalue weighted by atomic mass is 9.80. The summed E-state index contributed by atoms with van der Waals surface area (Å²) in [5, 5.41) is 4.95. The Balaban J connectivity index is 1.61. The molecule has 1 N–H and O–H groups in total. The van der Waals surface area contributed by atoms with E-state index in [0.29, 0.717) is 11.3 Å². The van der Waals surface area contributed by atoms with Gasteiger partial charge in [0.05, 0.1) is 12.0 Å². The van der Waals surface area contributed by atoms with Crippen LogP contribution < -0.4 is 5.32 Å². The second kappa shape index (κ2) is 8.27. The number of benzene rings is 2. The molecular weight excluding hydrogens is 411 g/mol. The van der Waals surface area contributed by atoms with Crippen molar-refractivity contribution in [1.29, 1.82) is 0 Å². The van der Waals surface area contributed by atoms with Gasteiger partial charge < -0.3 is 10.2 Å². The first kappa shape index (κ1) is 19.9. The first-order chi connectivity index (χ1) is 15.1. The third kappa shape index (κ3) is 3.65. The highest BCUT2D eigenvalue weighted by molar-refractivity contribution is 7.10. The Morgan fingerprint density at radius 2 is 1.74 bits per heavy atom. The van der Waals surface area contributed by atoms with E-state index in [2.05, 4.69) is 5.32 Å². The number of amides is 2. The van der Waals surface area contributed by atoms with E-state index in [-0.39, 0.29) is 29.7 Å². The molecule has 31 heavy (non-hydrogen) atoms. The zero-order valence-electron chi connectivity index (χ0n) is 17.0. The molecule has 0 saturated heterocycles. The number of carbonyl (C=O) groups is 2. The second-order valence-corrected chi connectivity index (χ2v) is 9.15. The molecular formula is C25H23FN2O2S. The highest BCUT2D eigenvalue weighted by atomic mass is 32.1. The lowest BCUT2D eigenvalue weighted by Gasteiger charge is -2.44. The molecule has 2 amide bonds. The van der Waals surface area contributed by atoms with Crippen molar-refractivity contribution >= 4 is 28.8 Å². The maximum atomic E-state index is 13.6. The van der Waals surface area contributed by atoms with E-state index in [1.54, 1.807) is 23.5 Å². The number of nitrogens with zero attached hydrogens (tertiary/aromatic N) is 1. The van der Waals surface area contributed by atoms with Crippen molar-refractivity contribution in [3.8, 4) is 0 Å². The number of hydrogen-bond acceptors (Lipinski definition) is 3. The second-order valence-electron chi connectivity index (χ2n) is 8.17. The van der Waals surface area contributed by atoms with Crippen LogP contribution in [0.1, 0.15) is 58.4 Å². The summed E-state index contributed by atoms with van der Waals surface area (Å²) >= 11 is 1.57. The fraction of sp³-hybridized carbons (Fsp3) is 0.280. The molecule has 2 atom stereocenters. The van der Waals surface area contributed by atoms with Gasteiger partial charge >= 0.3 is 0 Å². The number of thiophene rings is 1. The van der Waals surface area contributed by atoms with Crippen LogP contribution in [0.5, 0.6) is 0 Å². The van der Waals surface area contributed by atoms with E-state index < -0.39 is 5.92 Å². The molecule has 4 nitrogen and oxygen atoms in total. The summed E-state index contributed by atoms with van der Waals surface area (Å²) in [5.41, 5.74) is 1.89. The molecule has 0 bridgehead atoms. The summed E-state index contributed by atoms with van der Waals surface area (Å²) < 4.78 is 13.3. The predicted molar refractivity (Wildman–Crippen MR) is 120 cm³/mol. The summed E-state index contributed by atoms with van der Waals surface area (Å²) in [6.07, 6.45) is 4.11. The highest BCUT2D eigenvalue weighted by Crippen LogP contribution is 2.47. The molecule has 3 aromatic rings. The molecule has 158 valence electrons. The highest BCUT2D eigenvalue weighted by Gasteiger charge is 2.47. The maximum absolute atomic E-state index is 13.6. The van der Waals surface area contributed by atoms with Crippen molar-refractivity contribution in [1.82, 2.24) is 4.90 Å². The largest absolute Gasteiger partial charge is 0.327 e. The van der Waals surface area contributed by atoms with Crippen LogP contribution in [0.15, 0.2) is 66.0 Å². The minimum Gasteiger partial charge on any atom is -0.327 e. The minimum absolute atomic E-state index is 0.00623. The molecule has 6 heteroatoms. The Kier molecular flexibility index (Phi) is 5.32. The smallest absolute Gasteiger partial charge is 0.254 e. The Morgan fingerprint density at radius 1 is 1.00 bits per heavy atom. The summed E-state index contributed by atoms with van der Waals surface area (Å²) in [6.45, 7) is 0. The number of halogens is 1. The van der Waals surface area contributed by atoms with Gasteiger partial charge in [0.25, 0.3) is 5.91 Å². The van der Waals surface area contributed by atoms with E-state index in [9.17, 15) is 14.0 Å². The van der Waals surface area contributed by atoms with E-state index in [1.807, 2.05) is 46.7 Å². The molecule has 1 saturated carbocycles. The van der Waals surface area contributed by atoms with Crippen molar-refractivity contribution in [3.05, 3.63) is 87.9 Å². The van der Waals surface area contributed by atoms with E-state index in [0.717, 1.165) is 36.1 Å². The van der Waals surface area contributed by atoms with Crippen LogP contribution in [-0.4, -0.2) is 22.8 Å². The number of fused-ring (bicyclic) bond motifs is 1. The van der Waals surface area contributed by atoms with Gasteiger partial charge in [-0.25, -0.2) is 4.39 Å². The molecule has 1 aromatic heterocycles. The third-order valence-electron chi connectivity index (χ3n) is 6.32. The summed E-state index contributed by atoms with van der Waals surface area (Å²) in [5.74, 6) is -1.08. The minimum atomic E-state index is -0.543. The maximum Gasteiger partial charge on any atom is 0.254 e. The average Bonchev–Trinajstić information content (AvgIpc) is 3.49. The summed E-state index contributed by atoms with van der Waals surface area (Å²) in [7, 11) is 0. The van der Waals surface area contributed by atoms with Crippen LogP contribution in [0.3, 0.4) is 0 Å². The SMILES string of the molecule is O=C(Nc1ccc(F)cc1)C1c2ccccc2C(=O)N(C2CCCC2)C1c1cccs1. The van der Waals surface area contributed by atoms with Gasteiger partial charge in [0.1, 0.15) is 5.82 Å². The first-order valence-electron chi connectivity index (χ1n) is 10.6. The first-order valence-corrected chi connectivity index (χ1v) is 11.5. The lowest BCUT2D eigenvalue weighted by Crippen LogP contribution is -2.49. The van der Waals surface area contributed by atoms with Crippen molar-refractivity contribution in [2.24, 2.45) is 0 Å². The van der Waals surface area contributed by atoms with Crippen molar-refractivity contribution in [3.63, 3.8) is 0 Å². The number of nitrogens with one attached hydrogen (secondary N) is 1. The van der Waals surface area contributed by atoms with Crippen molar-refractivity contribution in [2.75, 3.05) is 5.32 Å². The molecule has 0 spiro atoms. The lowest BCUT2D eigenvalue weighted by molar-refractivity contribution is -0.119. The molecule has 1 fully saturated rings. The molecule has 2 aromatic carbocycles. The van der Waals surface area contributed by atoms with Gasteiger partial charge in [0, 0.05) is 22.2 Å². The zero-order chi connectivity index (χ0) is 21.4. The van der Waals surface area contributed by atoms with Crippen LogP contribution in [-0.2, 0) is 4.79 Å². The Hall–Kier alpha value is -2.99. The van der Waals surface area contributed by atoms with Gasteiger partial charge in [0.2, 0.25) is 5.91 Å². The quantitative estimate of drug-likeness (QED) is 0.568. The molecule has 2 heterocycles. The van der Waals surface area contributed by atoms with Gasteiger partial charge in [-0.3, -0.25) is 9.59 Å². The van der Waals surface area contributed by atoms with Crippen molar-refractivity contribution in [2.45, 2.75) is 43.7 Å². The Labute approximate surface area is 184 Å². The topological polar surface area (TPSA) is 49.4 Å². The third-order valence-corrected chi connectivity index (χ3v) is 7.27. The Morgan fingerprint density at radius 3 is 2.45 bits per heavy atom. The van der Waals surface area contributed by atoms with E-state index in [4.69, 9.17) is 0 Å². The van der Waals surface area contributed by atoms with Crippen LogP contribution in [0.4, 0.5) is 10.1 Å². The zero-order valence-corrected chi connectivity index (χ0v) is 17.8.